The maximum atomic E-state index is 13.3. The number of methoxy groups -OCH3 is 3. The largest absolute Gasteiger partial charge is 0.497 e. The summed E-state index contributed by atoms with van der Waals surface area (Å²) in [7, 11) is 0.381. The summed E-state index contributed by atoms with van der Waals surface area (Å²) in [6, 6.07) is 12.6. The maximum Gasteiger partial charge on any atom is 0.264 e. The fraction of sp³-hybridized carbons (Fsp3) is 0.316. The van der Waals surface area contributed by atoms with Crippen molar-refractivity contribution >= 4 is 21.6 Å². The second-order valence-corrected chi connectivity index (χ2v) is 7.57. The molecule has 0 spiro atoms. The molecule has 0 unspecified atom stereocenters. The molecule has 9 heteroatoms. The number of sulfonamides is 1. The average molecular weight is 408 g/mol. The summed E-state index contributed by atoms with van der Waals surface area (Å²) < 4.78 is 43.0. The first kappa shape index (κ1) is 21.5. The monoisotopic (exact) mass is 408 g/mol. The van der Waals surface area contributed by atoms with Crippen LogP contribution in [0.15, 0.2) is 53.4 Å². The molecule has 28 heavy (non-hydrogen) atoms. The van der Waals surface area contributed by atoms with Gasteiger partial charge in [-0.1, -0.05) is 18.2 Å². The quantitative estimate of drug-likeness (QED) is 0.601. The topological polar surface area (TPSA) is 94.2 Å². The molecule has 2 aromatic carbocycles. The van der Waals surface area contributed by atoms with Crippen molar-refractivity contribution in [2.75, 3.05) is 45.3 Å². The third-order valence-corrected chi connectivity index (χ3v) is 5.68. The van der Waals surface area contributed by atoms with Gasteiger partial charge in [0.05, 0.1) is 31.4 Å². The molecule has 1 N–H and O–H groups in total. The first-order valence-corrected chi connectivity index (χ1v) is 9.93. The Hall–Kier alpha value is -2.78. The Balaban J connectivity index is 2.49. The van der Waals surface area contributed by atoms with E-state index in [2.05, 4.69) is 5.32 Å². The summed E-state index contributed by atoms with van der Waals surface area (Å²) >= 11 is 0. The van der Waals surface area contributed by atoms with Crippen LogP contribution in [0.25, 0.3) is 0 Å². The van der Waals surface area contributed by atoms with Gasteiger partial charge in [0, 0.05) is 19.7 Å². The minimum atomic E-state index is -4.03. The Morgan fingerprint density at radius 1 is 1.04 bits per heavy atom. The number of benzene rings is 2. The maximum absolute atomic E-state index is 13.3. The number of hydrogen-bond donors (Lipinski definition) is 1. The third kappa shape index (κ3) is 5.14. The van der Waals surface area contributed by atoms with E-state index < -0.39 is 22.5 Å². The Bertz CT molecular complexity index is 887. The lowest BCUT2D eigenvalue weighted by Crippen LogP contribution is -2.41. The highest BCUT2D eigenvalue weighted by Crippen LogP contribution is 2.35. The highest BCUT2D eigenvalue weighted by molar-refractivity contribution is 7.92. The van der Waals surface area contributed by atoms with Gasteiger partial charge in [-0.15, -0.1) is 0 Å². The second-order valence-electron chi connectivity index (χ2n) is 5.71. The van der Waals surface area contributed by atoms with Crippen LogP contribution in [0.1, 0.15) is 0 Å². The summed E-state index contributed by atoms with van der Waals surface area (Å²) in [5.74, 6) is 0.260. The van der Waals surface area contributed by atoms with Gasteiger partial charge >= 0.3 is 0 Å². The van der Waals surface area contributed by atoms with E-state index in [9.17, 15) is 13.2 Å². The Labute approximate surface area is 165 Å². The smallest absolute Gasteiger partial charge is 0.264 e. The van der Waals surface area contributed by atoms with Gasteiger partial charge in [0.15, 0.2) is 0 Å². The van der Waals surface area contributed by atoms with Crippen molar-refractivity contribution in [1.82, 2.24) is 5.32 Å². The number of amides is 1. The summed E-state index contributed by atoms with van der Waals surface area (Å²) in [5, 5.41) is 2.63. The van der Waals surface area contributed by atoms with E-state index in [1.807, 2.05) is 0 Å². The number of carbonyl (C=O) groups excluding carboxylic acids is 1. The number of nitrogens with zero attached hydrogens (tertiary/aromatic N) is 1. The van der Waals surface area contributed by atoms with Gasteiger partial charge in [-0.3, -0.25) is 9.10 Å². The molecule has 0 aliphatic heterocycles. The highest BCUT2D eigenvalue weighted by Gasteiger charge is 2.29. The van der Waals surface area contributed by atoms with Crippen LogP contribution in [0.4, 0.5) is 5.69 Å². The standard InChI is InChI=1S/C19H24N2O6S/c1-25-12-11-20-19(22)14-21(28(23,24)16-7-5-4-6-8-16)17-13-15(26-2)9-10-18(17)27-3/h4-10,13H,11-12,14H2,1-3H3,(H,20,22). The van der Waals surface area contributed by atoms with Crippen molar-refractivity contribution in [3.8, 4) is 11.5 Å². The van der Waals surface area contributed by atoms with E-state index >= 15 is 0 Å². The Kier molecular flexibility index (Phi) is 7.65. The van der Waals surface area contributed by atoms with Gasteiger partial charge in [-0.05, 0) is 24.3 Å². The van der Waals surface area contributed by atoms with Crippen molar-refractivity contribution in [2.45, 2.75) is 4.90 Å². The van der Waals surface area contributed by atoms with E-state index in [0.717, 1.165) is 4.31 Å². The molecule has 1 amide bonds. The molecule has 0 atom stereocenters. The van der Waals surface area contributed by atoms with Gasteiger partial charge in [0.25, 0.3) is 10.0 Å². The molecule has 0 aliphatic carbocycles. The van der Waals surface area contributed by atoms with Crippen LogP contribution in [0, 0.1) is 0 Å². The summed E-state index contributed by atoms with van der Waals surface area (Å²) in [4.78, 5) is 12.4. The fourth-order valence-electron chi connectivity index (χ4n) is 2.49. The van der Waals surface area contributed by atoms with Crippen molar-refractivity contribution in [1.29, 1.82) is 0 Å². The van der Waals surface area contributed by atoms with Gasteiger partial charge in [0.1, 0.15) is 18.0 Å². The Morgan fingerprint density at radius 3 is 2.36 bits per heavy atom. The van der Waals surface area contributed by atoms with E-state index in [4.69, 9.17) is 14.2 Å². The lowest BCUT2D eigenvalue weighted by molar-refractivity contribution is -0.119. The van der Waals surface area contributed by atoms with Gasteiger partial charge in [-0.2, -0.15) is 0 Å². The predicted octanol–water partition coefficient (Wildman–Crippen LogP) is 1.66. The van der Waals surface area contributed by atoms with Gasteiger partial charge < -0.3 is 19.5 Å². The lowest BCUT2D eigenvalue weighted by Gasteiger charge is -2.26. The number of rotatable bonds is 10. The van der Waals surface area contributed by atoms with Crippen LogP contribution in [0.5, 0.6) is 11.5 Å². The summed E-state index contributed by atoms with van der Waals surface area (Å²) in [5.41, 5.74) is 0.201. The minimum absolute atomic E-state index is 0.0598. The zero-order chi connectivity index (χ0) is 20.6. The van der Waals surface area contributed by atoms with Crippen LogP contribution in [-0.2, 0) is 19.6 Å². The van der Waals surface area contributed by atoms with Crippen molar-refractivity contribution in [3.05, 3.63) is 48.5 Å². The molecule has 0 aliphatic rings. The lowest BCUT2D eigenvalue weighted by atomic mass is 10.2. The molecule has 2 aromatic rings. The fourth-order valence-corrected chi connectivity index (χ4v) is 3.93. The van der Waals surface area contributed by atoms with E-state index in [0.29, 0.717) is 18.1 Å². The zero-order valence-corrected chi connectivity index (χ0v) is 16.9. The van der Waals surface area contributed by atoms with E-state index in [-0.39, 0.29) is 17.1 Å². The average Bonchev–Trinajstić information content (AvgIpc) is 2.72. The molecule has 8 nitrogen and oxygen atoms in total. The SMILES string of the molecule is COCCNC(=O)CN(c1cc(OC)ccc1OC)S(=O)(=O)c1ccccc1. The molecule has 0 saturated heterocycles. The predicted molar refractivity (Wildman–Crippen MR) is 105 cm³/mol. The van der Waals surface area contributed by atoms with Crippen LogP contribution >= 0.6 is 0 Å². The molecule has 0 fully saturated rings. The Morgan fingerprint density at radius 2 is 1.75 bits per heavy atom. The van der Waals surface area contributed by atoms with E-state index in [1.54, 1.807) is 30.3 Å². The highest BCUT2D eigenvalue weighted by atomic mass is 32.2. The zero-order valence-electron chi connectivity index (χ0n) is 16.0. The van der Waals surface area contributed by atoms with Crippen molar-refractivity contribution in [3.63, 3.8) is 0 Å². The van der Waals surface area contributed by atoms with Gasteiger partial charge in [-0.25, -0.2) is 8.42 Å². The molecule has 0 radical (unpaired) electrons. The first-order valence-electron chi connectivity index (χ1n) is 8.49. The van der Waals surface area contributed by atoms with Crippen LogP contribution in [0.2, 0.25) is 0 Å². The molecule has 0 aromatic heterocycles. The number of carbonyl (C=O) groups is 1. The molecule has 2 rings (SSSR count). The van der Waals surface area contributed by atoms with Crippen LogP contribution in [-0.4, -0.2) is 55.4 Å². The van der Waals surface area contributed by atoms with Gasteiger partial charge in [0.2, 0.25) is 5.91 Å². The molecule has 0 heterocycles. The summed E-state index contributed by atoms with van der Waals surface area (Å²) in [6.07, 6.45) is 0. The van der Waals surface area contributed by atoms with Crippen LogP contribution < -0.4 is 19.1 Å². The first-order chi connectivity index (χ1) is 13.4. The minimum Gasteiger partial charge on any atom is -0.497 e. The molecule has 0 saturated carbocycles. The molecular weight excluding hydrogens is 384 g/mol. The number of nitrogens with one attached hydrogen (secondary N) is 1. The summed E-state index contributed by atoms with van der Waals surface area (Å²) in [6.45, 7) is 0.161. The van der Waals surface area contributed by atoms with Crippen molar-refractivity contribution < 1.29 is 27.4 Å². The molecule has 152 valence electrons. The third-order valence-electron chi connectivity index (χ3n) is 3.90. The number of ether oxygens (including phenoxy) is 3. The number of hydrogen-bond acceptors (Lipinski definition) is 6. The van der Waals surface area contributed by atoms with Crippen molar-refractivity contribution in [2.24, 2.45) is 0 Å². The molecule has 0 bridgehead atoms. The normalized spacial score (nSPS) is 11.0. The molecular formula is C19H24N2O6S. The van der Waals surface area contributed by atoms with E-state index in [1.165, 1.54) is 39.5 Å². The second kappa shape index (κ2) is 9.95. The van der Waals surface area contributed by atoms with Crippen LogP contribution in [0.3, 0.4) is 0 Å². The number of anilines is 1.